The van der Waals surface area contributed by atoms with E-state index < -0.39 is 27.5 Å². The number of rotatable bonds is 5. The van der Waals surface area contributed by atoms with Crippen LogP contribution in [0.5, 0.6) is 0 Å². The summed E-state index contributed by atoms with van der Waals surface area (Å²) in [5.41, 5.74) is -0.399. The standard InChI is InChI=1S/C18H23N3O5S/c1-13-15(11-19-20(13)2)27(25,26)21-9-8-16(22)18(12-21,17(23)24)10-14-6-4-3-5-7-14/h3-7,11,16,22H,8-10,12H2,1-2H3,(H,23,24)/t16-,18-/m1/s1. The van der Waals surface area contributed by atoms with Gasteiger partial charge in [-0.05, 0) is 25.3 Å². The van der Waals surface area contributed by atoms with Crippen molar-refractivity contribution in [1.29, 1.82) is 0 Å². The van der Waals surface area contributed by atoms with Crippen LogP contribution in [0.4, 0.5) is 0 Å². The van der Waals surface area contributed by atoms with Crippen molar-refractivity contribution in [3.63, 3.8) is 0 Å². The third-order valence-corrected chi connectivity index (χ3v) is 7.29. The van der Waals surface area contributed by atoms with Crippen molar-refractivity contribution in [3.8, 4) is 0 Å². The largest absolute Gasteiger partial charge is 0.481 e. The average molecular weight is 393 g/mol. The van der Waals surface area contributed by atoms with Gasteiger partial charge in [0.15, 0.2) is 0 Å². The zero-order valence-corrected chi connectivity index (χ0v) is 16.1. The summed E-state index contributed by atoms with van der Waals surface area (Å²) < 4.78 is 28.8. The Bertz CT molecular complexity index is 941. The number of aryl methyl sites for hydroxylation is 1. The topological polar surface area (TPSA) is 113 Å². The molecule has 27 heavy (non-hydrogen) atoms. The number of hydrogen-bond donors (Lipinski definition) is 2. The van der Waals surface area contributed by atoms with Crippen LogP contribution in [-0.4, -0.2) is 57.9 Å². The molecule has 146 valence electrons. The highest BCUT2D eigenvalue weighted by molar-refractivity contribution is 7.89. The Labute approximate surface area is 158 Å². The highest BCUT2D eigenvalue weighted by Crippen LogP contribution is 2.37. The first kappa shape index (κ1) is 19.5. The first-order valence-electron chi connectivity index (χ1n) is 8.62. The van der Waals surface area contributed by atoms with Crippen molar-refractivity contribution in [3.05, 3.63) is 47.8 Å². The van der Waals surface area contributed by atoms with Gasteiger partial charge in [0.25, 0.3) is 0 Å². The number of aliphatic carboxylic acids is 1. The summed E-state index contributed by atoms with van der Waals surface area (Å²) >= 11 is 0. The number of benzene rings is 1. The van der Waals surface area contributed by atoms with Gasteiger partial charge in [-0.2, -0.15) is 9.40 Å². The molecule has 1 fully saturated rings. The fourth-order valence-electron chi connectivity index (χ4n) is 3.54. The molecule has 0 saturated carbocycles. The molecule has 2 heterocycles. The van der Waals surface area contributed by atoms with Crippen LogP contribution in [0.3, 0.4) is 0 Å². The molecule has 1 aromatic carbocycles. The van der Waals surface area contributed by atoms with Gasteiger partial charge in [-0.3, -0.25) is 9.48 Å². The predicted octanol–water partition coefficient (Wildman–Crippen LogP) is 0.798. The van der Waals surface area contributed by atoms with Gasteiger partial charge in [0.05, 0.1) is 18.0 Å². The molecule has 1 aliphatic heterocycles. The highest BCUT2D eigenvalue weighted by Gasteiger charge is 2.51. The summed E-state index contributed by atoms with van der Waals surface area (Å²) in [6.07, 6.45) is 0.228. The van der Waals surface area contributed by atoms with E-state index in [-0.39, 0.29) is 30.8 Å². The molecule has 8 nitrogen and oxygen atoms in total. The van der Waals surface area contributed by atoms with Crippen LogP contribution in [0.2, 0.25) is 0 Å². The number of hydrogen-bond acceptors (Lipinski definition) is 5. The number of aromatic nitrogens is 2. The number of nitrogens with zero attached hydrogens (tertiary/aromatic N) is 3. The number of aliphatic hydroxyl groups excluding tert-OH is 1. The lowest BCUT2D eigenvalue weighted by Crippen LogP contribution is -2.58. The molecule has 0 amide bonds. The number of carbonyl (C=O) groups is 1. The van der Waals surface area contributed by atoms with E-state index in [1.807, 2.05) is 6.07 Å². The lowest BCUT2D eigenvalue weighted by Gasteiger charge is -2.42. The number of carboxylic acid groups (broad SMARTS) is 1. The molecular formula is C18H23N3O5S. The third-order valence-electron chi connectivity index (χ3n) is 5.34. The Hall–Kier alpha value is -2.23. The van der Waals surface area contributed by atoms with Gasteiger partial charge in [-0.15, -0.1) is 0 Å². The molecule has 0 radical (unpaired) electrons. The zero-order valence-electron chi connectivity index (χ0n) is 15.2. The van der Waals surface area contributed by atoms with Crippen LogP contribution in [0.25, 0.3) is 0 Å². The van der Waals surface area contributed by atoms with Crippen molar-refractivity contribution in [2.45, 2.75) is 30.8 Å². The maximum Gasteiger partial charge on any atom is 0.313 e. The summed E-state index contributed by atoms with van der Waals surface area (Å²) in [5.74, 6) is -1.21. The number of carboxylic acids is 1. The third kappa shape index (κ3) is 3.38. The highest BCUT2D eigenvalue weighted by atomic mass is 32.2. The van der Waals surface area contributed by atoms with Gasteiger partial charge >= 0.3 is 5.97 Å². The lowest BCUT2D eigenvalue weighted by molar-refractivity contribution is -0.160. The van der Waals surface area contributed by atoms with Crippen molar-refractivity contribution < 1.29 is 23.4 Å². The minimum absolute atomic E-state index is 0.0440. The second-order valence-electron chi connectivity index (χ2n) is 6.98. The Morgan fingerprint density at radius 3 is 2.56 bits per heavy atom. The SMILES string of the molecule is Cc1c(S(=O)(=O)N2CC[C@@H](O)[C@](Cc3ccccc3)(C(=O)O)C2)cnn1C. The Morgan fingerprint density at radius 2 is 2.00 bits per heavy atom. The number of aliphatic hydroxyl groups is 1. The molecular weight excluding hydrogens is 370 g/mol. The molecule has 1 aromatic heterocycles. The van der Waals surface area contributed by atoms with E-state index in [1.54, 1.807) is 38.2 Å². The van der Waals surface area contributed by atoms with Crippen molar-refractivity contribution >= 4 is 16.0 Å². The van der Waals surface area contributed by atoms with E-state index >= 15 is 0 Å². The first-order valence-corrected chi connectivity index (χ1v) is 10.1. The van der Waals surface area contributed by atoms with Crippen LogP contribution in [0.1, 0.15) is 17.7 Å². The van der Waals surface area contributed by atoms with E-state index in [9.17, 15) is 23.4 Å². The molecule has 3 rings (SSSR count). The summed E-state index contributed by atoms with van der Waals surface area (Å²) in [6, 6.07) is 8.93. The summed E-state index contributed by atoms with van der Waals surface area (Å²) in [4.78, 5) is 12.2. The lowest BCUT2D eigenvalue weighted by atomic mass is 9.73. The molecule has 9 heteroatoms. The maximum atomic E-state index is 13.1. The maximum absolute atomic E-state index is 13.1. The van der Waals surface area contributed by atoms with E-state index in [1.165, 1.54) is 10.9 Å². The molecule has 1 saturated heterocycles. The Kier molecular flexibility index (Phi) is 5.11. The Balaban J connectivity index is 1.98. The number of sulfonamides is 1. The molecule has 0 unspecified atom stereocenters. The normalized spacial score (nSPS) is 24.0. The van der Waals surface area contributed by atoms with Gasteiger partial charge in [0.2, 0.25) is 10.0 Å². The number of piperidine rings is 1. The van der Waals surface area contributed by atoms with Gasteiger partial charge in [-0.1, -0.05) is 30.3 Å². The average Bonchev–Trinajstić information content (AvgIpc) is 2.97. The fraction of sp³-hybridized carbons (Fsp3) is 0.444. The fourth-order valence-corrected chi connectivity index (χ4v) is 5.25. The van der Waals surface area contributed by atoms with Gasteiger partial charge in [0, 0.05) is 20.1 Å². The van der Waals surface area contributed by atoms with Crippen LogP contribution < -0.4 is 0 Å². The molecule has 2 atom stereocenters. The van der Waals surface area contributed by atoms with Crippen molar-refractivity contribution in [2.24, 2.45) is 12.5 Å². The van der Waals surface area contributed by atoms with Crippen LogP contribution in [0, 0.1) is 12.3 Å². The van der Waals surface area contributed by atoms with Crippen molar-refractivity contribution in [1.82, 2.24) is 14.1 Å². The minimum atomic E-state index is -3.92. The molecule has 0 aliphatic carbocycles. The quantitative estimate of drug-likeness (QED) is 0.777. The second-order valence-corrected chi connectivity index (χ2v) is 8.89. The van der Waals surface area contributed by atoms with E-state index in [4.69, 9.17) is 0 Å². The van der Waals surface area contributed by atoms with E-state index in [0.29, 0.717) is 5.69 Å². The smallest absolute Gasteiger partial charge is 0.313 e. The zero-order chi connectivity index (χ0) is 19.8. The monoisotopic (exact) mass is 393 g/mol. The van der Waals surface area contributed by atoms with Gasteiger partial charge in [0.1, 0.15) is 10.3 Å². The first-order chi connectivity index (χ1) is 12.7. The summed E-state index contributed by atoms with van der Waals surface area (Å²) in [7, 11) is -2.27. The van der Waals surface area contributed by atoms with Gasteiger partial charge < -0.3 is 10.2 Å². The molecule has 0 bridgehead atoms. The molecule has 1 aliphatic rings. The summed E-state index contributed by atoms with van der Waals surface area (Å²) in [5, 5.41) is 24.5. The predicted molar refractivity (Wildman–Crippen MR) is 97.5 cm³/mol. The Morgan fingerprint density at radius 1 is 1.33 bits per heavy atom. The van der Waals surface area contributed by atoms with E-state index in [2.05, 4.69) is 5.10 Å². The second kappa shape index (κ2) is 7.06. The molecule has 2 aromatic rings. The van der Waals surface area contributed by atoms with Crippen LogP contribution in [0.15, 0.2) is 41.4 Å². The molecule has 0 spiro atoms. The minimum Gasteiger partial charge on any atom is -0.481 e. The van der Waals surface area contributed by atoms with Crippen LogP contribution >= 0.6 is 0 Å². The van der Waals surface area contributed by atoms with Crippen molar-refractivity contribution in [2.75, 3.05) is 13.1 Å². The van der Waals surface area contributed by atoms with Gasteiger partial charge in [-0.25, -0.2) is 8.42 Å². The summed E-state index contributed by atoms with van der Waals surface area (Å²) in [6.45, 7) is 1.41. The molecule has 2 N–H and O–H groups in total. The van der Waals surface area contributed by atoms with E-state index in [0.717, 1.165) is 9.87 Å². The van der Waals surface area contributed by atoms with Crippen LogP contribution in [-0.2, 0) is 28.3 Å².